The molecule has 0 bridgehead atoms. The lowest BCUT2D eigenvalue weighted by atomic mass is 9.90. The number of nitrogens with zero attached hydrogens (tertiary/aromatic N) is 3. The standard InChI is InChI=1S/C19H17N3O2/c1-19(11-23-12-19)13-24-16-6-7-22-17(10-21-18(22)8-16)15-4-2-14(9-20)3-5-15/h2-8,10H,11-13H2,1H3. The van der Waals surface area contributed by atoms with Crippen molar-refractivity contribution >= 4 is 5.65 Å². The van der Waals surface area contributed by atoms with Crippen molar-refractivity contribution in [3.8, 4) is 23.1 Å². The van der Waals surface area contributed by atoms with Gasteiger partial charge in [-0.2, -0.15) is 5.26 Å². The van der Waals surface area contributed by atoms with E-state index in [0.717, 1.165) is 35.9 Å². The predicted octanol–water partition coefficient (Wildman–Crippen LogP) is 3.29. The first-order valence-electron chi connectivity index (χ1n) is 7.85. The average Bonchev–Trinajstić information content (AvgIpc) is 3.01. The normalized spacial score (nSPS) is 15.7. The fourth-order valence-corrected chi connectivity index (χ4v) is 2.77. The van der Waals surface area contributed by atoms with E-state index < -0.39 is 0 Å². The molecule has 1 aliphatic heterocycles. The summed E-state index contributed by atoms with van der Waals surface area (Å²) in [6.45, 7) is 4.31. The first-order valence-corrected chi connectivity index (χ1v) is 7.85. The van der Waals surface area contributed by atoms with Gasteiger partial charge in [0.2, 0.25) is 0 Å². The predicted molar refractivity (Wildman–Crippen MR) is 89.8 cm³/mol. The van der Waals surface area contributed by atoms with Crippen molar-refractivity contribution in [3.63, 3.8) is 0 Å². The van der Waals surface area contributed by atoms with E-state index in [1.165, 1.54) is 0 Å². The number of hydrogen-bond acceptors (Lipinski definition) is 4. The van der Waals surface area contributed by atoms with E-state index in [1.54, 1.807) is 0 Å². The van der Waals surface area contributed by atoms with Gasteiger partial charge < -0.3 is 9.47 Å². The number of aromatic nitrogens is 2. The van der Waals surface area contributed by atoms with Gasteiger partial charge in [0.1, 0.15) is 11.4 Å². The topological polar surface area (TPSA) is 59.5 Å². The fourth-order valence-electron chi connectivity index (χ4n) is 2.77. The van der Waals surface area contributed by atoms with E-state index in [-0.39, 0.29) is 5.41 Å². The summed E-state index contributed by atoms with van der Waals surface area (Å²) in [6, 6.07) is 13.5. The number of fused-ring (bicyclic) bond motifs is 1. The maximum absolute atomic E-state index is 8.90. The van der Waals surface area contributed by atoms with Crippen LogP contribution in [-0.4, -0.2) is 29.2 Å². The molecule has 2 aromatic heterocycles. The van der Waals surface area contributed by atoms with Crippen molar-refractivity contribution in [2.75, 3.05) is 19.8 Å². The SMILES string of the molecule is CC1(COc2ccn3c(-c4ccc(C#N)cc4)cnc3c2)COC1. The molecule has 0 unspecified atom stereocenters. The Morgan fingerprint density at radius 3 is 2.75 bits per heavy atom. The molecule has 24 heavy (non-hydrogen) atoms. The van der Waals surface area contributed by atoms with Gasteiger partial charge in [0, 0.05) is 23.2 Å². The van der Waals surface area contributed by atoms with E-state index in [0.29, 0.717) is 12.2 Å². The lowest BCUT2D eigenvalue weighted by Crippen LogP contribution is -2.44. The summed E-state index contributed by atoms with van der Waals surface area (Å²) in [5, 5.41) is 8.90. The molecule has 0 atom stereocenters. The second kappa shape index (κ2) is 5.66. The van der Waals surface area contributed by atoms with Crippen LogP contribution in [0.1, 0.15) is 12.5 Å². The molecule has 1 saturated heterocycles. The monoisotopic (exact) mass is 319 g/mol. The van der Waals surface area contributed by atoms with Crippen LogP contribution in [0.2, 0.25) is 0 Å². The number of nitriles is 1. The van der Waals surface area contributed by atoms with Gasteiger partial charge in [-0.25, -0.2) is 4.98 Å². The van der Waals surface area contributed by atoms with E-state index in [4.69, 9.17) is 14.7 Å². The van der Waals surface area contributed by atoms with Crippen molar-refractivity contribution in [3.05, 3.63) is 54.4 Å². The molecule has 5 heteroatoms. The van der Waals surface area contributed by atoms with Crippen LogP contribution in [0.3, 0.4) is 0 Å². The number of benzene rings is 1. The Kier molecular flexibility index (Phi) is 3.47. The van der Waals surface area contributed by atoms with Gasteiger partial charge in [-0.05, 0) is 18.2 Å². The highest BCUT2D eigenvalue weighted by Crippen LogP contribution is 2.28. The number of pyridine rings is 1. The molecular weight excluding hydrogens is 302 g/mol. The molecule has 0 amide bonds. The first kappa shape index (κ1) is 14.7. The van der Waals surface area contributed by atoms with Gasteiger partial charge >= 0.3 is 0 Å². The van der Waals surface area contributed by atoms with Crippen molar-refractivity contribution < 1.29 is 9.47 Å². The molecule has 1 aromatic carbocycles. The summed E-state index contributed by atoms with van der Waals surface area (Å²) in [4.78, 5) is 4.47. The molecule has 120 valence electrons. The van der Waals surface area contributed by atoms with Crippen LogP contribution in [0.25, 0.3) is 16.9 Å². The molecule has 0 spiro atoms. The molecular formula is C19H17N3O2. The minimum atomic E-state index is 0.120. The van der Waals surface area contributed by atoms with Crippen molar-refractivity contribution in [2.45, 2.75) is 6.92 Å². The molecule has 5 nitrogen and oxygen atoms in total. The third-order valence-electron chi connectivity index (χ3n) is 4.28. The van der Waals surface area contributed by atoms with E-state index in [2.05, 4.69) is 18.0 Å². The Morgan fingerprint density at radius 2 is 2.08 bits per heavy atom. The largest absolute Gasteiger partial charge is 0.493 e. The van der Waals surface area contributed by atoms with Crippen LogP contribution in [0.15, 0.2) is 48.8 Å². The Morgan fingerprint density at radius 1 is 1.29 bits per heavy atom. The van der Waals surface area contributed by atoms with Crippen LogP contribution in [0.5, 0.6) is 5.75 Å². The van der Waals surface area contributed by atoms with Gasteiger partial charge in [0.15, 0.2) is 0 Å². The van der Waals surface area contributed by atoms with Gasteiger partial charge in [-0.1, -0.05) is 19.1 Å². The summed E-state index contributed by atoms with van der Waals surface area (Å²) in [5.41, 5.74) is 3.61. The number of ether oxygens (including phenoxy) is 2. The Labute approximate surface area is 140 Å². The molecule has 3 aromatic rings. The van der Waals surface area contributed by atoms with E-state index in [1.807, 2.05) is 53.2 Å². The molecule has 1 fully saturated rings. The molecule has 0 N–H and O–H groups in total. The van der Waals surface area contributed by atoms with Gasteiger partial charge in [0.05, 0.1) is 43.3 Å². The summed E-state index contributed by atoms with van der Waals surface area (Å²) in [6.07, 6.45) is 3.80. The lowest BCUT2D eigenvalue weighted by molar-refractivity contribution is -0.120. The quantitative estimate of drug-likeness (QED) is 0.740. The van der Waals surface area contributed by atoms with Gasteiger partial charge in [-0.3, -0.25) is 4.40 Å². The van der Waals surface area contributed by atoms with Gasteiger partial charge in [-0.15, -0.1) is 0 Å². The number of hydrogen-bond donors (Lipinski definition) is 0. The van der Waals surface area contributed by atoms with Gasteiger partial charge in [0.25, 0.3) is 0 Å². The molecule has 0 aliphatic carbocycles. The van der Waals surface area contributed by atoms with Crippen LogP contribution in [0, 0.1) is 16.7 Å². The maximum atomic E-state index is 8.90. The van der Waals surface area contributed by atoms with Crippen LogP contribution in [0.4, 0.5) is 0 Å². The summed E-state index contributed by atoms with van der Waals surface area (Å²) >= 11 is 0. The van der Waals surface area contributed by atoms with Crippen molar-refractivity contribution in [2.24, 2.45) is 5.41 Å². The maximum Gasteiger partial charge on any atom is 0.140 e. The smallest absolute Gasteiger partial charge is 0.140 e. The Balaban J connectivity index is 1.59. The Hall–Kier alpha value is -2.84. The highest BCUT2D eigenvalue weighted by Gasteiger charge is 2.34. The molecule has 0 radical (unpaired) electrons. The molecule has 1 aliphatic rings. The molecule has 3 heterocycles. The zero-order valence-corrected chi connectivity index (χ0v) is 13.4. The fraction of sp³-hybridized carbons (Fsp3) is 0.263. The van der Waals surface area contributed by atoms with Crippen molar-refractivity contribution in [1.82, 2.24) is 9.38 Å². The summed E-state index contributed by atoms with van der Waals surface area (Å²) < 4.78 is 13.2. The second-order valence-corrected chi connectivity index (χ2v) is 6.52. The number of rotatable bonds is 4. The average molecular weight is 319 g/mol. The number of imidazole rings is 1. The zero-order valence-electron chi connectivity index (χ0n) is 13.4. The van der Waals surface area contributed by atoms with Crippen LogP contribution < -0.4 is 4.74 Å². The van der Waals surface area contributed by atoms with E-state index >= 15 is 0 Å². The summed E-state index contributed by atoms with van der Waals surface area (Å²) in [7, 11) is 0. The molecule has 4 rings (SSSR count). The highest BCUT2D eigenvalue weighted by atomic mass is 16.5. The second-order valence-electron chi connectivity index (χ2n) is 6.52. The minimum absolute atomic E-state index is 0.120. The van der Waals surface area contributed by atoms with E-state index in [9.17, 15) is 0 Å². The molecule has 0 saturated carbocycles. The summed E-state index contributed by atoms with van der Waals surface area (Å²) in [5.74, 6) is 0.813. The third kappa shape index (κ3) is 2.61. The van der Waals surface area contributed by atoms with Crippen molar-refractivity contribution in [1.29, 1.82) is 5.26 Å². The minimum Gasteiger partial charge on any atom is -0.493 e. The first-order chi connectivity index (χ1) is 11.7. The van der Waals surface area contributed by atoms with Crippen LogP contribution >= 0.6 is 0 Å². The lowest BCUT2D eigenvalue weighted by Gasteiger charge is -2.37. The van der Waals surface area contributed by atoms with Crippen LogP contribution in [-0.2, 0) is 4.74 Å². The zero-order chi connectivity index (χ0) is 16.6. The third-order valence-corrected chi connectivity index (χ3v) is 4.28. The highest BCUT2D eigenvalue weighted by molar-refractivity contribution is 5.65. The Bertz CT molecular complexity index is 918.